The van der Waals surface area contributed by atoms with Gasteiger partial charge in [0.05, 0.1) is 55.8 Å². The van der Waals surface area contributed by atoms with Crippen LogP contribution in [0.25, 0.3) is 0 Å². The quantitative estimate of drug-likeness (QED) is 0.0671. The van der Waals surface area contributed by atoms with Gasteiger partial charge in [0.25, 0.3) is 5.91 Å². The maximum absolute atomic E-state index is 13.2. The Hall–Kier alpha value is -1.86. The van der Waals surface area contributed by atoms with Crippen molar-refractivity contribution in [3.63, 3.8) is 0 Å². The SMILES string of the molecule is CN[C@@H]1[C@@H](O)[C@@H](O[C@H]2[C@H](NC(=O)C3(O)CC3N=C(N)N)C[C@H](N)C(C3O[C@H](CNCC(O)CO)[C@@H](O)[C@H](O)[C@H]3O)[C@@H]2O)OC[C@]1(C)O. The molecular formula is C27H51N7O13. The Labute approximate surface area is 270 Å². The molecule has 0 aromatic heterocycles. The van der Waals surface area contributed by atoms with E-state index in [1.54, 1.807) is 0 Å². The standard InChI is InChI=1S/C27H51N7O13/c1-26(43)8-45-23(19(41)22(26)31-2)47-20-11(33-24(42)27(44)4-13(27)34-25(29)30)3-10(28)14(16(20)38)21-18(40)17(39)15(37)12(46-21)6-32-5-9(36)7-35/h9-23,31-32,35-41,43-44H,3-8,28H2,1-2H3,(H,33,42)(H4,29,30,34)/t9?,10-,11+,12+,13?,14?,15+,16-,17-,18+,19+,20-,21?,22+,23+,26-,27?/m0/s1. The molecule has 4 fully saturated rings. The molecule has 17 atom stereocenters. The fraction of sp³-hybridized carbons (Fsp3) is 0.926. The molecule has 20 heteroatoms. The van der Waals surface area contributed by atoms with Gasteiger partial charge in [0.1, 0.15) is 36.1 Å². The number of ether oxygens (including phenoxy) is 3. The molecule has 0 aromatic rings. The summed E-state index contributed by atoms with van der Waals surface area (Å²) in [6, 6.07) is -3.99. The number of nitrogens with two attached hydrogens (primary N) is 3. The molecule has 47 heavy (non-hydrogen) atoms. The van der Waals surface area contributed by atoms with Gasteiger partial charge in [-0.3, -0.25) is 4.79 Å². The van der Waals surface area contributed by atoms with Crippen LogP contribution in [0.3, 0.4) is 0 Å². The molecule has 5 unspecified atom stereocenters. The van der Waals surface area contributed by atoms with Gasteiger partial charge in [-0.25, -0.2) is 4.99 Å². The van der Waals surface area contributed by atoms with E-state index in [0.29, 0.717) is 0 Å². The molecule has 2 aliphatic carbocycles. The number of likely N-dealkylation sites (N-methyl/N-ethyl adjacent to an activating group) is 1. The van der Waals surface area contributed by atoms with Gasteiger partial charge in [-0.05, 0) is 20.4 Å². The maximum Gasteiger partial charge on any atom is 0.254 e. The zero-order valence-electron chi connectivity index (χ0n) is 26.2. The van der Waals surface area contributed by atoms with Crippen molar-refractivity contribution in [1.29, 1.82) is 0 Å². The van der Waals surface area contributed by atoms with Crippen LogP contribution in [-0.4, -0.2) is 188 Å². The lowest BCUT2D eigenvalue weighted by atomic mass is 9.72. The van der Waals surface area contributed by atoms with Crippen molar-refractivity contribution in [2.75, 3.05) is 33.4 Å². The van der Waals surface area contributed by atoms with Crippen LogP contribution < -0.4 is 33.2 Å². The first-order chi connectivity index (χ1) is 22.0. The van der Waals surface area contributed by atoms with Crippen molar-refractivity contribution in [3.8, 4) is 0 Å². The monoisotopic (exact) mass is 681 g/mol. The summed E-state index contributed by atoms with van der Waals surface area (Å²) in [7, 11) is 1.51. The Morgan fingerprint density at radius 3 is 2.38 bits per heavy atom. The van der Waals surface area contributed by atoms with Crippen molar-refractivity contribution in [1.82, 2.24) is 16.0 Å². The van der Waals surface area contributed by atoms with Crippen LogP contribution in [0, 0.1) is 5.92 Å². The van der Waals surface area contributed by atoms with Crippen LogP contribution in [-0.2, 0) is 19.0 Å². The summed E-state index contributed by atoms with van der Waals surface area (Å²) in [5.41, 5.74) is 13.8. The Kier molecular flexibility index (Phi) is 12.1. The van der Waals surface area contributed by atoms with Gasteiger partial charge < -0.3 is 93.3 Å². The summed E-state index contributed by atoms with van der Waals surface area (Å²) in [5, 5.41) is 104. The molecule has 2 saturated heterocycles. The number of aliphatic hydroxyl groups is 9. The van der Waals surface area contributed by atoms with E-state index >= 15 is 0 Å². The number of amides is 1. The molecule has 2 heterocycles. The lowest BCUT2D eigenvalue weighted by molar-refractivity contribution is -0.303. The second-order valence-electron chi connectivity index (χ2n) is 13.2. The molecule has 0 radical (unpaired) electrons. The normalized spacial score (nSPS) is 47.6. The van der Waals surface area contributed by atoms with Gasteiger partial charge in [0.2, 0.25) is 0 Å². The molecule has 1 amide bonds. The number of nitrogens with one attached hydrogen (secondary N) is 3. The predicted molar refractivity (Wildman–Crippen MR) is 160 cm³/mol. The van der Waals surface area contributed by atoms with E-state index < -0.39 is 115 Å². The van der Waals surface area contributed by atoms with Gasteiger partial charge in [-0.15, -0.1) is 0 Å². The molecule has 0 aromatic carbocycles. The average molecular weight is 682 g/mol. The Bertz CT molecular complexity index is 1110. The molecule has 0 bridgehead atoms. The van der Waals surface area contributed by atoms with Crippen LogP contribution in [0.2, 0.25) is 0 Å². The van der Waals surface area contributed by atoms with E-state index in [1.165, 1.54) is 14.0 Å². The number of carbonyl (C=O) groups is 1. The van der Waals surface area contributed by atoms with Crippen molar-refractivity contribution in [3.05, 3.63) is 0 Å². The molecular weight excluding hydrogens is 630 g/mol. The first-order valence-corrected chi connectivity index (χ1v) is 15.6. The highest BCUT2D eigenvalue weighted by Gasteiger charge is 2.62. The third-order valence-corrected chi connectivity index (χ3v) is 9.56. The first-order valence-electron chi connectivity index (χ1n) is 15.6. The van der Waals surface area contributed by atoms with Crippen molar-refractivity contribution in [2.24, 2.45) is 28.1 Å². The number of hydrogen-bond donors (Lipinski definition) is 15. The van der Waals surface area contributed by atoms with E-state index in [1.807, 2.05) is 0 Å². The fourth-order valence-corrected chi connectivity index (χ4v) is 6.80. The molecule has 4 aliphatic rings. The van der Waals surface area contributed by atoms with E-state index in [4.69, 9.17) is 36.5 Å². The Morgan fingerprint density at radius 1 is 1.09 bits per heavy atom. The summed E-state index contributed by atoms with van der Waals surface area (Å²) >= 11 is 0. The highest BCUT2D eigenvalue weighted by molar-refractivity contribution is 5.90. The van der Waals surface area contributed by atoms with Crippen LogP contribution in [0.1, 0.15) is 19.8 Å². The minimum Gasteiger partial charge on any atom is -0.394 e. The van der Waals surface area contributed by atoms with Crippen LogP contribution >= 0.6 is 0 Å². The number of guanidine groups is 1. The number of rotatable bonds is 12. The van der Waals surface area contributed by atoms with Crippen molar-refractivity contribution >= 4 is 11.9 Å². The Morgan fingerprint density at radius 2 is 1.77 bits per heavy atom. The highest BCUT2D eigenvalue weighted by Crippen LogP contribution is 2.41. The average Bonchev–Trinajstić information content (AvgIpc) is 3.65. The molecule has 2 saturated carbocycles. The molecule has 2 aliphatic heterocycles. The number of aliphatic hydroxyl groups excluding tert-OH is 7. The molecule has 18 N–H and O–H groups in total. The Balaban J connectivity index is 1.59. The summed E-state index contributed by atoms with van der Waals surface area (Å²) in [4.78, 5) is 17.1. The van der Waals surface area contributed by atoms with Crippen molar-refractivity contribution < 1.29 is 65.0 Å². The first kappa shape index (κ1) is 38.0. The number of aliphatic imine (C=N–C) groups is 1. The van der Waals surface area contributed by atoms with Crippen LogP contribution in [0.5, 0.6) is 0 Å². The highest BCUT2D eigenvalue weighted by atomic mass is 16.7. The summed E-state index contributed by atoms with van der Waals surface area (Å²) in [6.07, 6.45) is -14.9. The van der Waals surface area contributed by atoms with E-state index in [2.05, 4.69) is 20.9 Å². The van der Waals surface area contributed by atoms with Crippen LogP contribution in [0.15, 0.2) is 4.99 Å². The maximum atomic E-state index is 13.2. The summed E-state index contributed by atoms with van der Waals surface area (Å²) in [6.45, 7) is 0.443. The van der Waals surface area contributed by atoms with E-state index in [-0.39, 0.29) is 38.5 Å². The number of hydrogen-bond acceptors (Lipinski definition) is 17. The van der Waals surface area contributed by atoms with E-state index in [0.717, 1.165) is 0 Å². The topological polar surface area (TPSA) is 353 Å². The second kappa shape index (κ2) is 14.9. The van der Waals surface area contributed by atoms with Gasteiger partial charge >= 0.3 is 0 Å². The molecule has 0 spiro atoms. The van der Waals surface area contributed by atoms with Crippen molar-refractivity contribution in [2.45, 2.75) is 116 Å². The number of carbonyl (C=O) groups excluding carboxylic acids is 1. The summed E-state index contributed by atoms with van der Waals surface area (Å²) in [5.74, 6) is -2.40. The van der Waals surface area contributed by atoms with Crippen LogP contribution in [0.4, 0.5) is 0 Å². The second-order valence-corrected chi connectivity index (χ2v) is 13.2. The fourth-order valence-electron chi connectivity index (χ4n) is 6.80. The molecule has 20 nitrogen and oxygen atoms in total. The zero-order chi connectivity index (χ0) is 35.0. The zero-order valence-corrected chi connectivity index (χ0v) is 26.2. The molecule has 4 rings (SSSR count). The molecule has 272 valence electrons. The predicted octanol–water partition coefficient (Wildman–Crippen LogP) is -8.81. The minimum absolute atomic E-state index is 0.0736. The lowest BCUT2D eigenvalue weighted by Gasteiger charge is -2.52. The largest absolute Gasteiger partial charge is 0.394 e. The van der Waals surface area contributed by atoms with Gasteiger partial charge in [-0.1, -0.05) is 0 Å². The van der Waals surface area contributed by atoms with E-state index in [9.17, 15) is 45.6 Å². The number of nitrogens with zero attached hydrogens (tertiary/aromatic N) is 1. The third-order valence-electron chi connectivity index (χ3n) is 9.56. The van der Waals surface area contributed by atoms with Gasteiger partial charge in [0, 0.05) is 31.5 Å². The smallest absolute Gasteiger partial charge is 0.254 e. The summed E-state index contributed by atoms with van der Waals surface area (Å²) < 4.78 is 17.7. The lowest BCUT2D eigenvalue weighted by Crippen LogP contribution is -2.71. The third kappa shape index (κ3) is 7.97. The van der Waals surface area contributed by atoms with Gasteiger partial charge in [0.15, 0.2) is 17.9 Å². The van der Waals surface area contributed by atoms with Gasteiger partial charge in [-0.2, -0.15) is 0 Å². The minimum atomic E-state index is -1.95.